The normalized spacial score (nSPS) is 12.5. The van der Waals surface area contributed by atoms with Gasteiger partial charge in [0.25, 0.3) is 5.91 Å². The summed E-state index contributed by atoms with van der Waals surface area (Å²) < 4.78 is 5.11. The van der Waals surface area contributed by atoms with E-state index in [9.17, 15) is 4.79 Å². The highest BCUT2D eigenvalue weighted by molar-refractivity contribution is 5.91. The number of rotatable bonds is 4. The molecule has 0 spiro atoms. The Balaban J connectivity index is 2.52. The predicted molar refractivity (Wildman–Crippen MR) is 50.6 cm³/mol. The minimum Gasteiger partial charge on any atom is -0.455 e. The van der Waals surface area contributed by atoms with Crippen LogP contribution < -0.4 is 11.1 Å². The summed E-state index contributed by atoms with van der Waals surface area (Å²) in [7, 11) is 0. The molecular weight excluding hydrogens is 184 g/mol. The van der Waals surface area contributed by atoms with Gasteiger partial charge in [-0.3, -0.25) is 4.79 Å². The Bertz CT molecular complexity index is 307. The van der Waals surface area contributed by atoms with Crippen molar-refractivity contribution in [3.05, 3.63) is 23.7 Å². The zero-order valence-corrected chi connectivity index (χ0v) is 7.99. The lowest BCUT2D eigenvalue weighted by Crippen LogP contribution is -2.30. The van der Waals surface area contributed by atoms with Crippen LogP contribution in [0.15, 0.2) is 16.5 Å². The van der Waals surface area contributed by atoms with Gasteiger partial charge in [0.1, 0.15) is 5.76 Å². The van der Waals surface area contributed by atoms with E-state index in [1.54, 1.807) is 19.1 Å². The summed E-state index contributed by atoms with van der Waals surface area (Å²) in [6.45, 7) is 2.06. The van der Waals surface area contributed by atoms with Crippen molar-refractivity contribution in [2.24, 2.45) is 5.73 Å². The summed E-state index contributed by atoms with van der Waals surface area (Å²) in [5, 5.41) is 11.4. The average Bonchev–Trinajstić information content (AvgIpc) is 2.62. The molecule has 0 saturated heterocycles. The van der Waals surface area contributed by atoms with Crippen LogP contribution in [0.2, 0.25) is 0 Å². The van der Waals surface area contributed by atoms with Gasteiger partial charge in [0.2, 0.25) is 0 Å². The van der Waals surface area contributed by atoms with E-state index in [-0.39, 0.29) is 24.8 Å². The predicted octanol–water partition coefficient (Wildman–Crippen LogP) is -0.151. The van der Waals surface area contributed by atoms with Crippen molar-refractivity contribution in [3.63, 3.8) is 0 Å². The van der Waals surface area contributed by atoms with Crippen LogP contribution in [0.4, 0.5) is 0 Å². The number of aliphatic hydroxyl groups is 1. The second-order valence-corrected chi connectivity index (χ2v) is 3.03. The number of aliphatic hydroxyl groups excluding tert-OH is 1. The molecule has 1 amide bonds. The molecule has 0 aliphatic heterocycles. The van der Waals surface area contributed by atoms with Crippen molar-refractivity contribution in [1.29, 1.82) is 0 Å². The van der Waals surface area contributed by atoms with Crippen molar-refractivity contribution >= 4 is 5.91 Å². The lowest BCUT2D eigenvalue weighted by Gasteiger charge is -2.04. The molecule has 0 aromatic carbocycles. The SMILES string of the molecule is C[C@@H](O)CNC(=O)c1ccc(CN)o1. The maximum atomic E-state index is 11.3. The van der Waals surface area contributed by atoms with Gasteiger partial charge in [0.15, 0.2) is 5.76 Å². The van der Waals surface area contributed by atoms with Crippen molar-refractivity contribution in [3.8, 4) is 0 Å². The molecule has 1 aromatic heterocycles. The highest BCUT2D eigenvalue weighted by atomic mass is 16.4. The van der Waals surface area contributed by atoms with Crippen LogP contribution in [0, 0.1) is 0 Å². The Morgan fingerprint density at radius 2 is 2.43 bits per heavy atom. The molecule has 78 valence electrons. The Morgan fingerprint density at radius 1 is 1.71 bits per heavy atom. The molecule has 1 atom stereocenters. The van der Waals surface area contributed by atoms with E-state index in [1.165, 1.54) is 0 Å². The average molecular weight is 198 g/mol. The molecule has 14 heavy (non-hydrogen) atoms. The van der Waals surface area contributed by atoms with Crippen LogP contribution in [0.5, 0.6) is 0 Å². The molecule has 0 aliphatic rings. The van der Waals surface area contributed by atoms with E-state index in [1.807, 2.05) is 0 Å². The summed E-state index contributed by atoms with van der Waals surface area (Å²) in [5.41, 5.74) is 5.32. The Hall–Kier alpha value is -1.33. The van der Waals surface area contributed by atoms with Gasteiger partial charge in [-0.15, -0.1) is 0 Å². The molecule has 5 heteroatoms. The zero-order valence-electron chi connectivity index (χ0n) is 7.99. The molecule has 0 aliphatic carbocycles. The van der Waals surface area contributed by atoms with Crippen LogP contribution in [0.1, 0.15) is 23.2 Å². The minimum atomic E-state index is -0.567. The van der Waals surface area contributed by atoms with Crippen molar-refractivity contribution in [2.75, 3.05) is 6.54 Å². The van der Waals surface area contributed by atoms with Crippen molar-refractivity contribution in [1.82, 2.24) is 5.32 Å². The summed E-state index contributed by atoms with van der Waals surface area (Å²) in [6, 6.07) is 3.21. The second kappa shape index (κ2) is 4.78. The van der Waals surface area contributed by atoms with Crippen molar-refractivity contribution in [2.45, 2.75) is 19.6 Å². The molecule has 1 aromatic rings. The minimum absolute atomic E-state index is 0.206. The van der Waals surface area contributed by atoms with Gasteiger partial charge in [0.05, 0.1) is 12.6 Å². The monoisotopic (exact) mass is 198 g/mol. The van der Waals surface area contributed by atoms with Gasteiger partial charge in [-0.2, -0.15) is 0 Å². The molecule has 1 rings (SSSR count). The molecule has 0 bridgehead atoms. The maximum absolute atomic E-state index is 11.3. The number of carbonyl (C=O) groups excluding carboxylic acids is 1. The van der Waals surface area contributed by atoms with Gasteiger partial charge in [-0.05, 0) is 19.1 Å². The maximum Gasteiger partial charge on any atom is 0.287 e. The molecule has 5 nitrogen and oxygen atoms in total. The summed E-state index contributed by atoms with van der Waals surface area (Å²) in [6.07, 6.45) is -0.567. The topological polar surface area (TPSA) is 88.5 Å². The van der Waals surface area contributed by atoms with Crippen LogP contribution in [-0.2, 0) is 6.54 Å². The fourth-order valence-electron chi connectivity index (χ4n) is 0.937. The first-order chi connectivity index (χ1) is 6.63. The lowest BCUT2D eigenvalue weighted by atomic mass is 10.3. The van der Waals surface area contributed by atoms with Crippen LogP contribution in [0.3, 0.4) is 0 Å². The number of nitrogens with two attached hydrogens (primary N) is 1. The third-order valence-corrected chi connectivity index (χ3v) is 1.64. The van der Waals surface area contributed by atoms with Gasteiger partial charge < -0.3 is 20.6 Å². The van der Waals surface area contributed by atoms with E-state index in [4.69, 9.17) is 15.3 Å². The van der Waals surface area contributed by atoms with E-state index >= 15 is 0 Å². The third-order valence-electron chi connectivity index (χ3n) is 1.64. The number of hydrogen-bond acceptors (Lipinski definition) is 4. The number of nitrogens with one attached hydrogen (secondary N) is 1. The number of furan rings is 1. The van der Waals surface area contributed by atoms with E-state index in [0.717, 1.165) is 0 Å². The summed E-state index contributed by atoms with van der Waals surface area (Å²) in [5.74, 6) is 0.434. The van der Waals surface area contributed by atoms with Crippen LogP contribution >= 0.6 is 0 Å². The van der Waals surface area contributed by atoms with Gasteiger partial charge in [-0.25, -0.2) is 0 Å². The van der Waals surface area contributed by atoms with Gasteiger partial charge >= 0.3 is 0 Å². The van der Waals surface area contributed by atoms with E-state index in [0.29, 0.717) is 5.76 Å². The number of amides is 1. The largest absolute Gasteiger partial charge is 0.455 e. The Kier molecular flexibility index (Phi) is 3.67. The first-order valence-electron chi connectivity index (χ1n) is 4.38. The smallest absolute Gasteiger partial charge is 0.287 e. The molecular formula is C9H14N2O3. The standard InChI is InChI=1S/C9H14N2O3/c1-6(12)5-11-9(13)8-3-2-7(4-10)14-8/h2-3,6,12H,4-5,10H2,1H3,(H,11,13)/t6-/m1/s1. The Morgan fingerprint density at radius 3 is 2.93 bits per heavy atom. The lowest BCUT2D eigenvalue weighted by molar-refractivity contribution is 0.0895. The second-order valence-electron chi connectivity index (χ2n) is 3.03. The Labute approximate surface area is 81.9 Å². The first-order valence-corrected chi connectivity index (χ1v) is 4.38. The quantitative estimate of drug-likeness (QED) is 0.627. The molecule has 0 radical (unpaired) electrons. The van der Waals surface area contributed by atoms with Crippen molar-refractivity contribution < 1.29 is 14.3 Å². The third kappa shape index (κ3) is 2.86. The first kappa shape index (κ1) is 10.7. The zero-order chi connectivity index (χ0) is 10.6. The van der Waals surface area contributed by atoms with Gasteiger partial charge in [-0.1, -0.05) is 0 Å². The van der Waals surface area contributed by atoms with Crippen LogP contribution in [-0.4, -0.2) is 23.7 Å². The molecule has 0 fully saturated rings. The fraction of sp³-hybridized carbons (Fsp3) is 0.444. The van der Waals surface area contributed by atoms with E-state index in [2.05, 4.69) is 5.32 Å². The highest BCUT2D eigenvalue weighted by Gasteiger charge is 2.10. The van der Waals surface area contributed by atoms with Crippen LogP contribution in [0.25, 0.3) is 0 Å². The van der Waals surface area contributed by atoms with E-state index < -0.39 is 6.10 Å². The van der Waals surface area contributed by atoms with Gasteiger partial charge in [0, 0.05) is 6.54 Å². The molecule has 0 unspecified atom stereocenters. The molecule has 0 saturated carbocycles. The summed E-state index contributed by atoms with van der Waals surface area (Å²) in [4.78, 5) is 11.3. The number of carbonyl (C=O) groups is 1. The molecule has 1 heterocycles. The highest BCUT2D eigenvalue weighted by Crippen LogP contribution is 2.06. The summed E-state index contributed by atoms with van der Waals surface area (Å²) >= 11 is 0. The number of hydrogen-bond donors (Lipinski definition) is 3. The fourth-order valence-corrected chi connectivity index (χ4v) is 0.937. The molecule has 4 N–H and O–H groups in total.